The van der Waals surface area contributed by atoms with E-state index >= 15 is 0 Å². The number of carbonyl (C=O) groups excluding carboxylic acids is 2. The highest BCUT2D eigenvalue weighted by Gasteiger charge is 2.44. The van der Waals surface area contributed by atoms with Crippen LogP contribution in [0.5, 0.6) is 0 Å². The second kappa shape index (κ2) is 16.1. The van der Waals surface area contributed by atoms with Gasteiger partial charge in [0.1, 0.15) is 6.04 Å². The molecule has 1 saturated carbocycles. The van der Waals surface area contributed by atoms with Gasteiger partial charge in [0.2, 0.25) is 5.91 Å². The smallest absolute Gasteiger partial charge is 0.248 e. The van der Waals surface area contributed by atoms with Crippen molar-refractivity contribution >= 4 is 11.7 Å². The van der Waals surface area contributed by atoms with Gasteiger partial charge in [-0.05, 0) is 54.7 Å². The lowest BCUT2D eigenvalue weighted by Crippen LogP contribution is -2.47. The fourth-order valence-electron chi connectivity index (χ4n) is 5.34. The molecule has 230 valence electrons. The van der Waals surface area contributed by atoms with Crippen molar-refractivity contribution in [2.24, 2.45) is 11.3 Å². The third kappa shape index (κ3) is 11.0. The van der Waals surface area contributed by atoms with Crippen molar-refractivity contribution in [3.8, 4) is 0 Å². The summed E-state index contributed by atoms with van der Waals surface area (Å²) >= 11 is 0. The summed E-state index contributed by atoms with van der Waals surface area (Å²) in [5.41, 5.74) is 1.90. The average molecular weight is 570 g/mol. The second-order valence-electron chi connectivity index (χ2n) is 13.3. The summed E-state index contributed by atoms with van der Waals surface area (Å²) in [6, 6.07) is 2.99. The number of nitrogens with zero attached hydrogens (tertiary/aromatic N) is 5. The van der Waals surface area contributed by atoms with Crippen LogP contribution >= 0.6 is 0 Å². The zero-order valence-electron chi connectivity index (χ0n) is 27.0. The molecule has 2 aromatic heterocycles. The fourth-order valence-corrected chi connectivity index (χ4v) is 5.34. The molecular weight excluding hydrogens is 514 g/mol. The molecule has 0 radical (unpaired) electrons. The van der Waals surface area contributed by atoms with Gasteiger partial charge in [-0.1, -0.05) is 86.3 Å². The predicted octanol–water partition coefficient (Wildman–Crippen LogP) is 6.72. The minimum Gasteiger partial charge on any atom is -0.391 e. The molecule has 4 rings (SSSR count). The number of β-amino-alcohol motifs (C(OH)–C–C–N with tert-alkyl or cyclic N) is 1. The zero-order chi connectivity index (χ0) is 30.7. The van der Waals surface area contributed by atoms with E-state index in [2.05, 4.69) is 49.9 Å². The summed E-state index contributed by atoms with van der Waals surface area (Å²) in [7, 11) is 0. The topological polar surface area (TPSA) is 101 Å². The van der Waals surface area contributed by atoms with E-state index in [4.69, 9.17) is 0 Å². The van der Waals surface area contributed by atoms with Gasteiger partial charge in [0.15, 0.2) is 5.78 Å². The van der Waals surface area contributed by atoms with Gasteiger partial charge in [0.25, 0.3) is 0 Å². The Bertz CT molecular complexity index is 1050. The monoisotopic (exact) mass is 569 g/mol. The van der Waals surface area contributed by atoms with Crippen molar-refractivity contribution in [3.63, 3.8) is 0 Å². The van der Waals surface area contributed by atoms with Gasteiger partial charge in [-0.2, -0.15) is 0 Å². The van der Waals surface area contributed by atoms with Crippen LogP contribution in [-0.4, -0.2) is 60.4 Å². The van der Waals surface area contributed by atoms with Gasteiger partial charge < -0.3 is 10.0 Å². The molecule has 3 heterocycles. The van der Waals surface area contributed by atoms with Gasteiger partial charge in [0, 0.05) is 37.5 Å². The van der Waals surface area contributed by atoms with Gasteiger partial charge in [-0.3, -0.25) is 14.6 Å². The van der Waals surface area contributed by atoms with E-state index in [1.54, 1.807) is 4.68 Å². The van der Waals surface area contributed by atoms with Crippen molar-refractivity contribution in [2.75, 3.05) is 6.54 Å². The molecular formula is C33H55N5O3. The number of ketones is 1. The highest BCUT2D eigenvalue weighted by molar-refractivity contribution is 5.90. The lowest BCUT2D eigenvalue weighted by atomic mass is 9.85. The highest BCUT2D eigenvalue weighted by atomic mass is 16.3. The molecule has 1 N–H and O–H groups in total. The maximum absolute atomic E-state index is 13.2. The third-order valence-electron chi connectivity index (χ3n) is 7.81. The highest BCUT2D eigenvalue weighted by Crippen LogP contribution is 2.40. The number of aromatic nitrogens is 4. The maximum Gasteiger partial charge on any atom is 0.248 e. The average Bonchev–Trinajstić information content (AvgIpc) is 3.51. The minimum atomic E-state index is -0.652. The third-order valence-corrected chi connectivity index (χ3v) is 7.81. The Morgan fingerprint density at radius 2 is 1.63 bits per heavy atom. The number of hydrogen-bond donors (Lipinski definition) is 1. The zero-order valence-corrected chi connectivity index (χ0v) is 27.0. The normalized spacial score (nSPS) is 19.4. The van der Waals surface area contributed by atoms with E-state index in [0.717, 1.165) is 24.5 Å². The molecule has 2 aliphatic rings. The summed E-state index contributed by atoms with van der Waals surface area (Å²) < 4.78 is 1.64. The molecule has 0 spiro atoms. The SMILES string of the molecule is CC(=O)C1CC(O)CN1C(=O)C(n1cc(C2CC2)nn1)C(C)(C)C.CC(C)c1ccncc1.CCCC(C)CCC. The van der Waals surface area contributed by atoms with Crippen LogP contribution < -0.4 is 0 Å². The van der Waals surface area contributed by atoms with Crippen LogP contribution in [0.4, 0.5) is 0 Å². The molecule has 1 aliphatic heterocycles. The number of aliphatic hydroxyl groups is 1. The van der Waals surface area contributed by atoms with Crippen LogP contribution in [-0.2, 0) is 9.59 Å². The van der Waals surface area contributed by atoms with Crippen molar-refractivity contribution in [2.45, 2.75) is 137 Å². The maximum atomic E-state index is 13.2. The minimum absolute atomic E-state index is 0.0928. The lowest BCUT2D eigenvalue weighted by Gasteiger charge is -2.34. The molecule has 2 fully saturated rings. The Kier molecular flexibility index (Phi) is 13.6. The Morgan fingerprint density at radius 1 is 1.05 bits per heavy atom. The van der Waals surface area contributed by atoms with Gasteiger partial charge in [-0.15, -0.1) is 5.10 Å². The summed E-state index contributed by atoms with van der Waals surface area (Å²) in [5, 5.41) is 18.3. The molecule has 8 heteroatoms. The first kappa shape index (κ1) is 34.6. The number of carbonyl (C=O) groups is 2. The van der Waals surface area contributed by atoms with E-state index in [0.29, 0.717) is 18.3 Å². The number of aliphatic hydroxyl groups excluding tert-OH is 1. The van der Waals surface area contributed by atoms with Crippen molar-refractivity contribution in [3.05, 3.63) is 42.0 Å². The van der Waals surface area contributed by atoms with E-state index in [-0.39, 0.29) is 23.7 Å². The first-order valence-electron chi connectivity index (χ1n) is 15.6. The second-order valence-corrected chi connectivity index (χ2v) is 13.3. The fraction of sp³-hybridized carbons (Fsp3) is 0.727. The van der Waals surface area contributed by atoms with Crippen molar-refractivity contribution in [1.29, 1.82) is 0 Å². The Hall–Kier alpha value is -2.61. The van der Waals surface area contributed by atoms with Gasteiger partial charge in [0.05, 0.1) is 17.8 Å². The molecule has 41 heavy (non-hydrogen) atoms. The summed E-state index contributed by atoms with van der Waals surface area (Å²) in [5.74, 6) is 1.78. The Labute approximate surface area is 248 Å². The summed E-state index contributed by atoms with van der Waals surface area (Å²) in [6.07, 6.45) is 12.9. The van der Waals surface area contributed by atoms with Crippen molar-refractivity contribution in [1.82, 2.24) is 24.9 Å². The van der Waals surface area contributed by atoms with E-state index < -0.39 is 18.2 Å². The number of rotatable bonds is 9. The molecule has 1 aliphatic carbocycles. The molecule has 0 bridgehead atoms. The molecule has 1 saturated heterocycles. The largest absolute Gasteiger partial charge is 0.391 e. The predicted molar refractivity (Wildman–Crippen MR) is 165 cm³/mol. The molecule has 8 nitrogen and oxygen atoms in total. The van der Waals surface area contributed by atoms with E-state index in [1.165, 1.54) is 43.1 Å². The van der Waals surface area contributed by atoms with Crippen LogP contribution in [0.2, 0.25) is 0 Å². The van der Waals surface area contributed by atoms with Gasteiger partial charge in [-0.25, -0.2) is 4.68 Å². The van der Waals surface area contributed by atoms with E-state index in [1.807, 2.05) is 51.5 Å². The molecule has 2 aromatic rings. The van der Waals surface area contributed by atoms with Crippen LogP contribution in [0.15, 0.2) is 30.7 Å². The summed E-state index contributed by atoms with van der Waals surface area (Å²) in [6.45, 7) is 18.8. The standard InChI is InChI=1S/C17H26N4O3.C8H11N.C8H18/c1-10(22)14-7-12(23)8-20(14)16(24)15(17(2,3)4)21-9-13(18-19-21)11-5-6-11;1-7(2)8-3-5-9-6-4-8;1-4-6-8(3)7-5-2/h9,11-12,14-15,23H,5-8H2,1-4H3;3-7H,1-2H3;8H,4-7H2,1-3H3. The number of hydrogen-bond acceptors (Lipinski definition) is 6. The molecule has 1 amide bonds. The van der Waals surface area contributed by atoms with Gasteiger partial charge >= 0.3 is 0 Å². The Morgan fingerprint density at radius 3 is 2.07 bits per heavy atom. The molecule has 0 aromatic carbocycles. The summed E-state index contributed by atoms with van der Waals surface area (Å²) in [4.78, 5) is 30.5. The van der Waals surface area contributed by atoms with E-state index in [9.17, 15) is 14.7 Å². The first-order valence-corrected chi connectivity index (χ1v) is 15.6. The number of amides is 1. The van der Waals surface area contributed by atoms with Crippen LogP contribution in [0.25, 0.3) is 0 Å². The van der Waals surface area contributed by atoms with Crippen LogP contribution in [0.3, 0.4) is 0 Å². The Balaban J connectivity index is 0.000000283. The number of pyridine rings is 1. The van der Waals surface area contributed by atoms with Crippen LogP contribution in [0.1, 0.15) is 136 Å². The number of likely N-dealkylation sites (tertiary alicyclic amines) is 1. The lowest BCUT2D eigenvalue weighted by molar-refractivity contribution is -0.143. The van der Waals surface area contributed by atoms with Crippen LogP contribution in [0, 0.1) is 11.3 Å². The first-order chi connectivity index (χ1) is 19.3. The quantitative estimate of drug-likeness (QED) is 0.360. The molecule has 3 unspecified atom stereocenters. The molecule has 3 atom stereocenters. The van der Waals surface area contributed by atoms with Crippen molar-refractivity contribution < 1.29 is 14.7 Å². The number of Topliss-reactive ketones (excluding diaryl/α,β-unsaturated/α-hetero) is 1.